The molecular formula is C26H35N5O. The van der Waals surface area contributed by atoms with E-state index >= 15 is 0 Å². The average molecular weight is 434 g/mol. The molecule has 6 rings (SSSR count). The molecule has 3 heterocycles. The number of nitrogens with zero attached hydrogens (tertiary/aromatic N) is 3. The van der Waals surface area contributed by atoms with Gasteiger partial charge in [-0.25, -0.2) is 4.98 Å². The van der Waals surface area contributed by atoms with E-state index in [1.807, 2.05) is 28.8 Å². The Morgan fingerprint density at radius 3 is 3.09 bits per heavy atom. The predicted octanol–water partition coefficient (Wildman–Crippen LogP) is 3.02. The van der Waals surface area contributed by atoms with Crippen LogP contribution in [-0.2, 0) is 6.42 Å². The Bertz CT molecular complexity index is 1040. The van der Waals surface area contributed by atoms with Crippen molar-refractivity contribution in [3.05, 3.63) is 47.4 Å². The van der Waals surface area contributed by atoms with E-state index in [9.17, 15) is 4.79 Å². The standard InChI is InChI=1S/C26H35N5O/c27-20-3-2-9-30(15-20)10-8-21-16-31-24(4-1-5-25(31)29-21)26(32)28-14-19-13-18-11-17-6-7-22(19)23(18)12-17/h1,4-5,7,16-20,23H,2-3,6,8-15,27H2,(H,28,32). The van der Waals surface area contributed by atoms with Crippen molar-refractivity contribution in [2.75, 3.05) is 26.2 Å². The van der Waals surface area contributed by atoms with Gasteiger partial charge >= 0.3 is 0 Å². The van der Waals surface area contributed by atoms with E-state index < -0.39 is 0 Å². The highest BCUT2D eigenvalue weighted by Crippen LogP contribution is 2.56. The number of hydrogen-bond donors (Lipinski definition) is 2. The van der Waals surface area contributed by atoms with Gasteiger partial charge in [-0.1, -0.05) is 17.7 Å². The van der Waals surface area contributed by atoms with Crippen molar-refractivity contribution in [3.63, 3.8) is 0 Å². The fraction of sp³-hybridized carbons (Fsp3) is 0.615. The molecule has 1 saturated heterocycles. The summed E-state index contributed by atoms with van der Waals surface area (Å²) in [5, 5.41) is 3.25. The third-order valence-corrected chi connectivity index (χ3v) is 8.48. The zero-order valence-electron chi connectivity index (χ0n) is 18.9. The number of imidazole rings is 1. The van der Waals surface area contributed by atoms with E-state index in [0.717, 1.165) is 68.1 Å². The number of carbonyl (C=O) groups excluding carboxylic acids is 1. The maximum absolute atomic E-state index is 13.1. The van der Waals surface area contributed by atoms with Crippen LogP contribution < -0.4 is 11.1 Å². The van der Waals surface area contributed by atoms with Crippen LogP contribution in [0.4, 0.5) is 0 Å². The number of aromatic nitrogens is 2. The third-order valence-electron chi connectivity index (χ3n) is 8.48. The lowest BCUT2D eigenvalue weighted by Gasteiger charge is -2.30. The van der Waals surface area contributed by atoms with Crippen LogP contribution >= 0.6 is 0 Å². The van der Waals surface area contributed by atoms with Gasteiger partial charge in [0.1, 0.15) is 11.3 Å². The SMILES string of the molecule is NC1CCCN(CCc2cn3c(C(=O)NCC4CC5CC6CC=C4C5C6)cccc3n2)C1. The molecule has 3 fully saturated rings. The highest BCUT2D eigenvalue weighted by atomic mass is 16.1. The summed E-state index contributed by atoms with van der Waals surface area (Å²) >= 11 is 0. The highest BCUT2D eigenvalue weighted by molar-refractivity contribution is 5.93. The van der Waals surface area contributed by atoms with Crippen LogP contribution in [0.5, 0.6) is 0 Å². The highest BCUT2D eigenvalue weighted by Gasteiger charge is 2.46. The van der Waals surface area contributed by atoms with Crippen LogP contribution in [0, 0.1) is 23.7 Å². The minimum absolute atomic E-state index is 0.00731. The molecule has 4 aliphatic rings. The normalized spacial score (nSPS) is 31.8. The Labute approximate surface area is 190 Å². The number of carbonyl (C=O) groups is 1. The van der Waals surface area contributed by atoms with Gasteiger partial charge in [-0.3, -0.25) is 9.20 Å². The first-order chi connectivity index (χ1) is 15.6. The lowest BCUT2D eigenvalue weighted by atomic mass is 9.85. The van der Waals surface area contributed by atoms with E-state index in [2.05, 4.69) is 16.3 Å². The van der Waals surface area contributed by atoms with E-state index in [1.54, 1.807) is 5.57 Å². The van der Waals surface area contributed by atoms with Gasteiger partial charge in [0.05, 0.1) is 5.69 Å². The second-order valence-electron chi connectivity index (χ2n) is 10.6. The largest absolute Gasteiger partial charge is 0.350 e. The zero-order chi connectivity index (χ0) is 21.7. The molecule has 2 aromatic rings. The summed E-state index contributed by atoms with van der Waals surface area (Å²) in [6.07, 6.45) is 13.0. The molecule has 5 unspecified atom stereocenters. The van der Waals surface area contributed by atoms with Gasteiger partial charge in [-0.15, -0.1) is 0 Å². The lowest BCUT2D eigenvalue weighted by molar-refractivity contribution is 0.0942. The number of pyridine rings is 1. The smallest absolute Gasteiger partial charge is 0.268 e. The van der Waals surface area contributed by atoms with Gasteiger partial charge in [-0.05, 0) is 80.9 Å². The van der Waals surface area contributed by atoms with Gasteiger partial charge in [0.25, 0.3) is 5.91 Å². The molecule has 2 saturated carbocycles. The minimum atomic E-state index is 0.00731. The molecule has 6 nitrogen and oxygen atoms in total. The van der Waals surface area contributed by atoms with E-state index in [0.29, 0.717) is 17.7 Å². The number of nitrogens with two attached hydrogens (primary N) is 1. The molecule has 6 heteroatoms. The fourth-order valence-corrected chi connectivity index (χ4v) is 6.97. The second kappa shape index (κ2) is 8.31. The molecule has 32 heavy (non-hydrogen) atoms. The lowest BCUT2D eigenvalue weighted by Crippen LogP contribution is -2.43. The summed E-state index contributed by atoms with van der Waals surface area (Å²) in [5.41, 5.74) is 10.3. The molecule has 3 N–H and O–H groups in total. The minimum Gasteiger partial charge on any atom is -0.350 e. The van der Waals surface area contributed by atoms with E-state index in [4.69, 9.17) is 10.7 Å². The number of likely N-dealkylation sites (tertiary alicyclic amines) is 1. The van der Waals surface area contributed by atoms with Gasteiger partial charge in [0.15, 0.2) is 0 Å². The van der Waals surface area contributed by atoms with Crippen molar-refractivity contribution in [1.82, 2.24) is 19.6 Å². The van der Waals surface area contributed by atoms with Crippen molar-refractivity contribution in [2.45, 2.75) is 51.0 Å². The van der Waals surface area contributed by atoms with Crippen molar-refractivity contribution >= 4 is 11.6 Å². The number of amides is 1. The van der Waals surface area contributed by atoms with Gasteiger partial charge in [0.2, 0.25) is 0 Å². The fourth-order valence-electron chi connectivity index (χ4n) is 6.97. The van der Waals surface area contributed by atoms with Crippen molar-refractivity contribution in [3.8, 4) is 0 Å². The van der Waals surface area contributed by atoms with E-state index in [-0.39, 0.29) is 5.91 Å². The maximum atomic E-state index is 13.1. The molecule has 0 spiro atoms. The Morgan fingerprint density at radius 2 is 2.19 bits per heavy atom. The Hall–Kier alpha value is -2.18. The first-order valence-corrected chi connectivity index (χ1v) is 12.6. The third kappa shape index (κ3) is 3.77. The van der Waals surface area contributed by atoms with Gasteiger partial charge < -0.3 is 16.0 Å². The summed E-state index contributed by atoms with van der Waals surface area (Å²) in [6, 6.07) is 6.13. The van der Waals surface area contributed by atoms with Crippen LogP contribution in [0.25, 0.3) is 5.65 Å². The van der Waals surface area contributed by atoms with Crippen LogP contribution in [0.3, 0.4) is 0 Å². The van der Waals surface area contributed by atoms with Crippen molar-refractivity contribution in [1.29, 1.82) is 0 Å². The summed E-state index contributed by atoms with van der Waals surface area (Å²) in [4.78, 5) is 20.3. The number of piperidine rings is 1. The maximum Gasteiger partial charge on any atom is 0.268 e. The average Bonchev–Trinajstić information content (AvgIpc) is 3.44. The number of rotatable bonds is 6. The Balaban J connectivity index is 1.11. The molecule has 2 bridgehead atoms. The van der Waals surface area contributed by atoms with Crippen molar-refractivity contribution in [2.24, 2.45) is 29.4 Å². The first-order valence-electron chi connectivity index (χ1n) is 12.6. The summed E-state index contributed by atoms with van der Waals surface area (Å²) in [6.45, 7) is 3.82. The first kappa shape index (κ1) is 20.4. The number of hydrogen-bond acceptors (Lipinski definition) is 4. The molecule has 2 aromatic heterocycles. The molecule has 0 radical (unpaired) electrons. The molecular weight excluding hydrogens is 398 g/mol. The molecule has 5 atom stereocenters. The topological polar surface area (TPSA) is 75.7 Å². The van der Waals surface area contributed by atoms with Crippen LogP contribution in [0.1, 0.15) is 54.7 Å². The summed E-state index contributed by atoms with van der Waals surface area (Å²) < 4.78 is 1.96. The Morgan fingerprint density at radius 1 is 1.25 bits per heavy atom. The van der Waals surface area contributed by atoms with Crippen molar-refractivity contribution < 1.29 is 4.79 Å². The van der Waals surface area contributed by atoms with Crippen LogP contribution in [0.15, 0.2) is 36.0 Å². The van der Waals surface area contributed by atoms with Crippen LogP contribution in [0.2, 0.25) is 0 Å². The van der Waals surface area contributed by atoms with Gasteiger partial charge in [-0.2, -0.15) is 0 Å². The Kier molecular flexibility index (Phi) is 5.30. The molecule has 1 amide bonds. The number of nitrogens with one attached hydrogen (secondary N) is 1. The second-order valence-corrected chi connectivity index (χ2v) is 10.6. The van der Waals surface area contributed by atoms with Crippen LogP contribution in [-0.4, -0.2) is 52.4 Å². The van der Waals surface area contributed by atoms with E-state index in [1.165, 1.54) is 32.1 Å². The quantitative estimate of drug-likeness (QED) is 0.687. The molecule has 0 aromatic carbocycles. The summed E-state index contributed by atoms with van der Waals surface area (Å²) in [7, 11) is 0. The summed E-state index contributed by atoms with van der Waals surface area (Å²) in [5.74, 6) is 3.15. The zero-order valence-corrected chi connectivity index (χ0v) is 18.9. The molecule has 3 aliphatic carbocycles. The molecule has 1 aliphatic heterocycles. The monoisotopic (exact) mass is 433 g/mol. The van der Waals surface area contributed by atoms with Gasteiger partial charge in [0, 0.05) is 38.3 Å². The molecule has 170 valence electrons. The predicted molar refractivity (Wildman–Crippen MR) is 125 cm³/mol. The number of fused-ring (bicyclic) bond motifs is 2. The number of allylic oxidation sites excluding steroid dienone is 1.